The number of hydrogen-bond acceptors (Lipinski definition) is 1. The minimum absolute atomic E-state index is 0.730. The van der Waals surface area contributed by atoms with Crippen LogP contribution in [0.3, 0.4) is 0 Å². The quantitative estimate of drug-likeness (QED) is 0.784. The number of alkyl halides is 9. The predicted octanol–water partition coefficient (Wildman–Crippen LogP) is 4.37. The van der Waals surface area contributed by atoms with Gasteiger partial charge in [0.15, 0.2) is 0 Å². The first-order valence-electron chi connectivity index (χ1n) is 6.15. The fourth-order valence-corrected chi connectivity index (χ4v) is 2.40. The molecule has 130 valence electrons. The molecule has 1 aromatic carbocycles. The van der Waals surface area contributed by atoms with Crippen LogP contribution in [-0.2, 0) is 0 Å². The van der Waals surface area contributed by atoms with Gasteiger partial charge in [0.25, 0.3) is 0 Å². The second-order valence-corrected chi connectivity index (χ2v) is 5.28. The predicted molar refractivity (Wildman–Crippen MR) is 59.6 cm³/mol. The topological polar surface area (TPSA) is 20.2 Å². The highest BCUT2D eigenvalue weighted by molar-refractivity contribution is 5.27. The molecular formula is C13H9F9O. The molecule has 1 fully saturated rings. The lowest BCUT2D eigenvalue weighted by atomic mass is 9.71. The molecule has 1 aromatic rings. The van der Waals surface area contributed by atoms with E-state index >= 15 is 0 Å². The van der Waals surface area contributed by atoms with Crippen molar-refractivity contribution in [1.82, 2.24) is 0 Å². The summed E-state index contributed by atoms with van der Waals surface area (Å²) in [7, 11) is 0. The van der Waals surface area contributed by atoms with Crippen molar-refractivity contribution in [2.24, 2.45) is 0 Å². The third-order valence-electron chi connectivity index (χ3n) is 3.80. The summed E-state index contributed by atoms with van der Waals surface area (Å²) in [5.74, 6) is -25.2. The molecule has 0 saturated heterocycles. The molecule has 23 heavy (non-hydrogen) atoms. The lowest BCUT2D eigenvalue weighted by molar-refractivity contribution is -0.433. The van der Waals surface area contributed by atoms with E-state index in [1.54, 1.807) is 0 Å². The molecule has 1 aliphatic carbocycles. The summed E-state index contributed by atoms with van der Waals surface area (Å²) in [5, 5.41) is 9.61. The van der Waals surface area contributed by atoms with Crippen LogP contribution in [0.25, 0.3) is 0 Å². The Labute approximate surface area is 123 Å². The maximum Gasteiger partial charge on any atom is 0.381 e. The van der Waals surface area contributed by atoms with E-state index in [-0.39, 0.29) is 0 Å². The Kier molecular flexibility index (Phi) is 3.72. The first-order chi connectivity index (χ1) is 10.2. The van der Waals surface area contributed by atoms with Gasteiger partial charge in [0, 0.05) is 0 Å². The van der Waals surface area contributed by atoms with E-state index in [0.29, 0.717) is 0 Å². The lowest BCUT2D eigenvalue weighted by Gasteiger charge is -2.50. The number of benzene rings is 1. The van der Waals surface area contributed by atoms with Gasteiger partial charge in [-0.15, -0.1) is 0 Å². The number of aliphatic hydroxyl groups excluding tert-OH is 1. The van der Waals surface area contributed by atoms with Crippen LogP contribution in [0.4, 0.5) is 39.5 Å². The van der Waals surface area contributed by atoms with Crippen LogP contribution in [0, 0.1) is 0 Å². The zero-order chi connectivity index (χ0) is 17.9. The van der Waals surface area contributed by atoms with Gasteiger partial charge in [-0.25, -0.2) is 4.39 Å². The summed E-state index contributed by atoms with van der Waals surface area (Å²) in [5.41, 5.74) is -5.73. The van der Waals surface area contributed by atoms with Gasteiger partial charge < -0.3 is 5.11 Å². The zero-order valence-corrected chi connectivity index (χ0v) is 11.0. The molecule has 0 heterocycles. The van der Waals surface area contributed by atoms with E-state index in [0.717, 1.165) is 24.3 Å². The number of rotatable bonds is 2. The Hall–Kier alpha value is -1.45. The van der Waals surface area contributed by atoms with Crippen molar-refractivity contribution < 1.29 is 44.6 Å². The van der Waals surface area contributed by atoms with Crippen molar-refractivity contribution in [2.75, 3.05) is 0 Å². The zero-order valence-electron chi connectivity index (χ0n) is 11.0. The molecule has 1 aliphatic rings. The van der Waals surface area contributed by atoms with Crippen molar-refractivity contribution in [3.8, 4) is 0 Å². The van der Waals surface area contributed by atoms with Gasteiger partial charge in [-0.1, -0.05) is 30.3 Å². The van der Waals surface area contributed by atoms with Gasteiger partial charge in [-0.3, -0.25) is 0 Å². The Bertz CT molecular complexity index is 586. The summed E-state index contributed by atoms with van der Waals surface area (Å²) in [6.45, 7) is 0. The molecule has 0 spiro atoms. The average Bonchev–Trinajstić information content (AvgIpc) is 2.45. The van der Waals surface area contributed by atoms with Crippen LogP contribution in [0.1, 0.15) is 18.1 Å². The van der Waals surface area contributed by atoms with Crippen LogP contribution in [0.2, 0.25) is 0 Å². The molecule has 1 saturated carbocycles. The van der Waals surface area contributed by atoms with Crippen molar-refractivity contribution in [2.45, 2.75) is 41.9 Å². The van der Waals surface area contributed by atoms with Gasteiger partial charge >= 0.3 is 23.7 Å². The van der Waals surface area contributed by atoms with E-state index in [2.05, 4.69) is 0 Å². The van der Waals surface area contributed by atoms with Crippen molar-refractivity contribution >= 4 is 0 Å². The Balaban J connectivity index is 2.62. The van der Waals surface area contributed by atoms with E-state index in [1.807, 2.05) is 0 Å². The molecule has 2 atom stereocenters. The highest BCUT2D eigenvalue weighted by Crippen LogP contribution is 2.66. The minimum atomic E-state index is -6.70. The molecule has 2 rings (SSSR count). The SMILES string of the molecule is OC(c1ccccc1)C1(F)CC(F)(F)C(F)(F)C(F)(F)C1(F)F. The maximum absolute atomic E-state index is 14.5. The molecule has 0 aromatic heterocycles. The largest absolute Gasteiger partial charge is 0.385 e. The summed E-state index contributed by atoms with van der Waals surface area (Å²) >= 11 is 0. The highest BCUT2D eigenvalue weighted by Gasteiger charge is 2.91. The summed E-state index contributed by atoms with van der Waals surface area (Å²) in [6, 6.07) is 5.09. The molecule has 2 unspecified atom stereocenters. The lowest BCUT2D eigenvalue weighted by Crippen LogP contribution is -2.75. The number of hydrogen-bond donors (Lipinski definition) is 1. The fourth-order valence-electron chi connectivity index (χ4n) is 2.40. The second kappa shape index (κ2) is 4.78. The van der Waals surface area contributed by atoms with Crippen LogP contribution in [-0.4, -0.2) is 34.5 Å². The fraction of sp³-hybridized carbons (Fsp3) is 0.538. The first kappa shape index (κ1) is 17.9. The molecule has 0 bridgehead atoms. The van der Waals surface area contributed by atoms with Crippen molar-refractivity contribution in [3.05, 3.63) is 35.9 Å². The summed E-state index contributed by atoms with van der Waals surface area (Å²) in [6.07, 6.45) is -6.13. The van der Waals surface area contributed by atoms with Crippen LogP contribution in [0.15, 0.2) is 30.3 Å². The molecule has 1 N–H and O–H groups in total. The third-order valence-corrected chi connectivity index (χ3v) is 3.80. The third kappa shape index (κ3) is 2.06. The van der Waals surface area contributed by atoms with Crippen molar-refractivity contribution in [3.63, 3.8) is 0 Å². The molecule has 10 heteroatoms. The van der Waals surface area contributed by atoms with Crippen LogP contribution in [0.5, 0.6) is 0 Å². The summed E-state index contributed by atoms with van der Waals surface area (Å²) < 4.78 is 121. The molecular weight excluding hydrogens is 343 g/mol. The van der Waals surface area contributed by atoms with Gasteiger partial charge in [-0.05, 0) is 5.56 Å². The summed E-state index contributed by atoms with van der Waals surface area (Å²) in [4.78, 5) is 0. The van der Waals surface area contributed by atoms with Crippen LogP contribution < -0.4 is 0 Å². The Morgan fingerprint density at radius 2 is 1.22 bits per heavy atom. The molecule has 1 nitrogen and oxygen atoms in total. The van der Waals surface area contributed by atoms with E-state index in [1.165, 1.54) is 6.07 Å². The van der Waals surface area contributed by atoms with E-state index in [4.69, 9.17) is 0 Å². The monoisotopic (exact) mass is 352 g/mol. The smallest absolute Gasteiger partial charge is 0.381 e. The standard InChI is InChI=1S/C13H9F9O/c14-9(8(23)7-4-2-1-3-5-7)6-10(15,16)12(19,20)13(21,22)11(9,17)18/h1-5,8,23H,6H2. The van der Waals surface area contributed by atoms with Crippen molar-refractivity contribution in [1.29, 1.82) is 0 Å². The second-order valence-electron chi connectivity index (χ2n) is 5.28. The van der Waals surface area contributed by atoms with Gasteiger partial charge in [-0.2, -0.15) is 35.1 Å². The van der Waals surface area contributed by atoms with E-state index < -0.39 is 47.4 Å². The number of aliphatic hydroxyl groups is 1. The Morgan fingerprint density at radius 1 is 0.739 bits per heavy atom. The van der Waals surface area contributed by atoms with Gasteiger partial charge in [0.1, 0.15) is 6.10 Å². The number of halogens is 9. The van der Waals surface area contributed by atoms with Crippen LogP contribution >= 0.6 is 0 Å². The first-order valence-corrected chi connectivity index (χ1v) is 6.15. The van der Waals surface area contributed by atoms with Gasteiger partial charge in [0.05, 0.1) is 6.42 Å². The maximum atomic E-state index is 14.5. The molecule has 0 aliphatic heterocycles. The molecule has 0 radical (unpaired) electrons. The highest BCUT2D eigenvalue weighted by atomic mass is 19.4. The average molecular weight is 352 g/mol. The minimum Gasteiger partial charge on any atom is -0.385 e. The van der Waals surface area contributed by atoms with Gasteiger partial charge in [0.2, 0.25) is 5.67 Å². The molecule has 0 amide bonds. The normalized spacial score (nSPS) is 32.3. The Morgan fingerprint density at radius 3 is 1.70 bits per heavy atom. The van der Waals surface area contributed by atoms with E-state index in [9.17, 15) is 44.6 Å².